The van der Waals surface area contributed by atoms with Gasteiger partial charge in [-0.05, 0) is 37.1 Å². The standard InChI is InChI=1S/C22H25ClN4O2/c1-25-19-5-3-2-4-17(19)20(18(14-24)22(25)29)26-10-12-27(13-11-26)21(28)15-6-8-16(23)9-7-15/h6-9,17,19H,2-5,10-13H2,1H3. The van der Waals surface area contributed by atoms with Gasteiger partial charge in [0, 0.05) is 61.5 Å². The number of nitriles is 1. The fourth-order valence-electron chi connectivity index (χ4n) is 4.94. The summed E-state index contributed by atoms with van der Waals surface area (Å²) in [6, 6.07) is 9.30. The van der Waals surface area contributed by atoms with Crippen molar-refractivity contribution in [2.24, 2.45) is 5.92 Å². The number of nitrogens with zero attached hydrogens (tertiary/aromatic N) is 4. The molecule has 0 bridgehead atoms. The summed E-state index contributed by atoms with van der Waals surface area (Å²) in [5.74, 6) is 0.0516. The lowest BCUT2D eigenvalue weighted by molar-refractivity contribution is -0.130. The van der Waals surface area contributed by atoms with E-state index in [1.165, 1.54) is 0 Å². The average Bonchev–Trinajstić information content (AvgIpc) is 2.76. The van der Waals surface area contributed by atoms with Crippen molar-refractivity contribution in [1.29, 1.82) is 5.26 Å². The van der Waals surface area contributed by atoms with Crippen molar-refractivity contribution < 1.29 is 9.59 Å². The van der Waals surface area contributed by atoms with Crippen LogP contribution in [0.25, 0.3) is 0 Å². The van der Waals surface area contributed by atoms with Crippen molar-refractivity contribution in [3.63, 3.8) is 0 Å². The number of amides is 2. The van der Waals surface area contributed by atoms with Gasteiger partial charge in [-0.1, -0.05) is 24.4 Å². The molecule has 3 aliphatic rings. The molecule has 4 rings (SSSR count). The minimum atomic E-state index is -0.162. The molecule has 2 unspecified atom stereocenters. The van der Waals surface area contributed by atoms with Gasteiger partial charge in [0.05, 0.1) is 0 Å². The monoisotopic (exact) mass is 412 g/mol. The van der Waals surface area contributed by atoms with E-state index in [1.54, 1.807) is 29.2 Å². The van der Waals surface area contributed by atoms with Gasteiger partial charge >= 0.3 is 0 Å². The van der Waals surface area contributed by atoms with Gasteiger partial charge in [-0.15, -0.1) is 0 Å². The van der Waals surface area contributed by atoms with Crippen LogP contribution >= 0.6 is 11.6 Å². The zero-order valence-electron chi connectivity index (χ0n) is 16.6. The molecule has 6 nitrogen and oxygen atoms in total. The first-order valence-corrected chi connectivity index (χ1v) is 10.6. The van der Waals surface area contributed by atoms with Gasteiger partial charge in [0.15, 0.2) is 0 Å². The Labute approximate surface area is 176 Å². The highest BCUT2D eigenvalue weighted by molar-refractivity contribution is 6.30. The molecule has 2 atom stereocenters. The molecule has 0 N–H and O–H groups in total. The van der Waals surface area contributed by atoms with E-state index in [4.69, 9.17) is 11.6 Å². The normalized spacial score (nSPS) is 25.0. The van der Waals surface area contributed by atoms with Crippen LogP contribution in [0.5, 0.6) is 0 Å². The van der Waals surface area contributed by atoms with E-state index >= 15 is 0 Å². The van der Waals surface area contributed by atoms with Gasteiger partial charge in [-0.2, -0.15) is 5.26 Å². The highest BCUT2D eigenvalue weighted by atomic mass is 35.5. The second kappa shape index (κ2) is 8.08. The third-order valence-corrected chi connectivity index (χ3v) is 6.73. The molecule has 7 heteroatoms. The Bertz CT molecular complexity index is 881. The third kappa shape index (κ3) is 3.60. The van der Waals surface area contributed by atoms with Crippen LogP contribution < -0.4 is 0 Å². The molecular formula is C22H25ClN4O2. The largest absolute Gasteiger partial charge is 0.370 e. The van der Waals surface area contributed by atoms with Crippen LogP contribution in [-0.2, 0) is 4.79 Å². The second-order valence-electron chi connectivity index (χ2n) is 8.03. The molecule has 0 radical (unpaired) electrons. The van der Waals surface area contributed by atoms with E-state index in [1.807, 2.05) is 11.9 Å². The van der Waals surface area contributed by atoms with E-state index in [-0.39, 0.29) is 29.3 Å². The Kier molecular flexibility index (Phi) is 5.51. The predicted molar refractivity (Wildman–Crippen MR) is 110 cm³/mol. The molecule has 2 fully saturated rings. The molecule has 2 heterocycles. The van der Waals surface area contributed by atoms with E-state index in [0.717, 1.165) is 31.4 Å². The minimum Gasteiger partial charge on any atom is -0.370 e. The Morgan fingerprint density at radius 2 is 1.76 bits per heavy atom. The predicted octanol–water partition coefficient (Wildman–Crippen LogP) is 2.91. The molecule has 1 saturated carbocycles. The summed E-state index contributed by atoms with van der Waals surface area (Å²) in [6.07, 6.45) is 4.24. The van der Waals surface area contributed by atoms with Crippen molar-refractivity contribution in [1.82, 2.24) is 14.7 Å². The molecule has 1 aliphatic carbocycles. The lowest BCUT2D eigenvalue weighted by Crippen LogP contribution is -2.55. The number of carbonyl (C=O) groups excluding carboxylic acids is 2. The van der Waals surface area contributed by atoms with Crippen LogP contribution in [0.15, 0.2) is 35.5 Å². The van der Waals surface area contributed by atoms with Crippen LogP contribution in [0, 0.1) is 17.2 Å². The number of halogens is 1. The lowest BCUT2D eigenvalue weighted by Gasteiger charge is -2.48. The van der Waals surface area contributed by atoms with E-state index in [0.29, 0.717) is 36.8 Å². The maximum Gasteiger partial charge on any atom is 0.266 e. The quantitative estimate of drug-likeness (QED) is 0.749. The lowest BCUT2D eigenvalue weighted by atomic mass is 9.77. The van der Waals surface area contributed by atoms with Gasteiger partial charge in [0.1, 0.15) is 11.6 Å². The summed E-state index contributed by atoms with van der Waals surface area (Å²) in [7, 11) is 1.82. The fourth-order valence-corrected chi connectivity index (χ4v) is 5.06. The van der Waals surface area contributed by atoms with Crippen molar-refractivity contribution >= 4 is 23.4 Å². The van der Waals surface area contributed by atoms with E-state index < -0.39 is 0 Å². The second-order valence-corrected chi connectivity index (χ2v) is 8.47. The van der Waals surface area contributed by atoms with Crippen LogP contribution in [-0.4, -0.2) is 65.8 Å². The van der Waals surface area contributed by atoms with E-state index in [2.05, 4.69) is 11.0 Å². The zero-order chi connectivity index (χ0) is 20.5. The summed E-state index contributed by atoms with van der Waals surface area (Å²) in [5, 5.41) is 10.3. The third-order valence-electron chi connectivity index (χ3n) is 6.48. The summed E-state index contributed by atoms with van der Waals surface area (Å²) in [6.45, 7) is 2.43. The van der Waals surface area contributed by atoms with Crippen LogP contribution in [0.1, 0.15) is 36.0 Å². The first-order chi connectivity index (χ1) is 14.0. The maximum absolute atomic E-state index is 12.8. The first kappa shape index (κ1) is 19.8. The smallest absolute Gasteiger partial charge is 0.266 e. The molecule has 1 saturated heterocycles. The number of hydrogen-bond donors (Lipinski definition) is 0. The summed E-state index contributed by atoms with van der Waals surface area (Å²) in [4.78, 5) is 31.4. The number of piperazine rings is 1. The maximum atomic E-state index is 12.8. The van der Waals surface area contributed by atoms with Crippen molar-refractivity contribution in [2.75, 3.05) is 33.2 Å². The Morgan fingerprint density at radius 1 is 1.10 bits per heavy atom. The number of benzene rings is 1. The molecule has 2 aliphatic heterocycles. The molecule has 0 spiro atoms. The van der Waals surface area contributed by atoms with Crippen LogP contribution in [0.3, 0.4) is 0 Å². The molecule has 152 valence electrons. The molecule has 29 heavy (non-hydrogen) atoms. The van der Waals surface area contributed by atoms with Gasteiger partial charge in [-0.3, -0.25) is 9.59 Å². The Morgan fingerprint density at radius 3 is 2.41 bits per heavy atom. The topological polar surface area (TPSA) is 67.7 Å². The average molecular weight is 413 g/mol. The zero-order valence-corrected chi connectivity index (χ0v) is 17.4. The number of fused-ring (bicyclic) bond motifs is 1. The highest BCUT2D eigenvalue weighted by Gasteiger charge is 2.43. The summed E-state index contributed by atoms with van der Waals surface area (Å²) in [5.41, 5.74) is 1.83. The van der Waals surface area contributed by atoms with Crippen molar-refractivity contribution in [3.05, 3.63) is 46.1 Å². The number of rotatable bonds is 2. The molecule has 0 aromatic heterocycles. The van der Waals surface area contributed by atoms with Crippen molar-refractivity contribution in [3.8, 4) is 6.07 Å². The van der Waals surface area contributed by atoms with Gasteiger partial charge in [0.2, 0.25) is 0 Å². The highest BCUT2D eigenvalue weighted by Crippen LogP contribution is 2.40. The Hall–Kier alpha value is -2.52. The molecule has 2 amide bonds. The fraction of sp³-hybridized carbons (Fsp3) is 0.500. The van der Waals surface area contributed by atoms with Gasteiger partial charge in [0.25, 0.3) is 11.8 Å². The molecule has 1 aromatic rings. The number of hydrogen-bond acceptors (Lipinski definition) is 4. The SMILES string of the molecule is CN1C(=O)C(C#N)=C(N2CCN(C(=O)c3ccc(Cl)cc3)CC2)C2CCCCC21. The number of likely N-dealkylation sites (N-methyl/N-ethyl adjacent to an activating group) is 1. The Balaban J connectivity index is 1.52. The van der Waals surface area contributed by atoms with Crippen molar-refractivity contribution in [2.45, 2.75) is 31.7 Å². The van der Waals surface area contributed by atoms with Crippen LogP contribution in [0.4, 0.5) is 0 Å². The van der Waals surface area contributed by atoms with Crippen LogP contribution in [0.2, 0.25) is 5.02 Å². The minimum absolute atomic E-state index is 0.00852. The summed E-state index contributed by atoms with van der Waals surface area (Å²) < 4.78 is 0. The van der Waals surface area contributed by atoms with E-state index in [9.17, 15) is 14.9 Å². The number of carbonyl (C=O) groups is 2. The van der Waals surface area contributed by atoms with Gasteiger partial charge in [-0.25, -0.2) is 0 Å². The summed E-state index contributed by atoms with van der Waals surface area (Å²) >= 11 is 5.92. The molecule has 1 aromatic carbocycles. The molecular weight excluding hydrogens is 388 g/mol. The first-order valence-electron chi connectivity index (χ1n) is 10.2. The van der Waals surface area contributed by atoms with Gasteiger partial charge < -0.3 is 14.7 Å².